The molecule has 2 aromatic heterocycles. The molecule has 2 aromatic rings. The molecule has 0 atom stereocenters. The van der Waals surface area contributed by atoms with Crippen LogP contribution in [0.4, 0.5) is 0 Å². The Kier molecular flexibility index (Phi) is 10.3. The van der Waals surface area contributed by atoms with Crippen LogP contribution in [0.2, 0.25) is 0 Å². The molecule has 1 aliphatic rings. The Bertz CT molecular complexity index is 982. The van der Waals surface area contributed by atoms with E-state index < -0.39 is 17.2 Å². The van der Waals surface area contributed by atoms with E-state index in [0.717, 1.165) is 31.4 Å². The summed E-state index contributed by atoms with van der Waals surface area (Å²) in [5, 5.41) is 5.82. The second kappa shape index (κ2) is 13.6. The Morgan fingerprint density at radius 3 is 2.44 bits per heavy atom. The van der Waals surface area contributed by atoms with Gasteiger partial charge in [0.15, 0.2) is 0 Å². The first kappa shape index (κ1) is 25.6. The van der Waals surface area contributed by atoms with Gasteiger partial charge in [0.2, 0.25) is 5.43 Å². The molecule has 2 heterocycles. The largest absolute Gasteiger partial charge is 0.382 e. The minimum Gasteiger partial charge on any atom is -0.382 e. The molecule has 1 fully saturated rings. The van der Waals surface area contributed by atoms with E-state index in [1.807, 2.05) is 25.1 Å². The fourth-order valence-corrected chi connectivity index (χ4v) is 4.20. The smallest absolute Gasteiger partial charge is 0.256 e. The molecule has 0 unspecified atom stereocenters. The minimum atomic E-state index is -0.553. The van der Waals surface area contributed by atoms with Crippen molar-refractivity contribution in [3.63, 3.8) is 0 Å². The quantitative estimate of drug-likeness (QED) is 0.521. The summed E-state index contributed by atoms with van der Waals surface area (Å²) < 4.78 is 6.98. The second-order valence-electron chi connectivity index (χ2n) is 8.73. The van der Waals surface area contributed by atoms with Crippen molar-refractivity contribution < 1.29 is 14.3 Å². The van der Waals surface area contributed by atoms with Crippen LogP contribution in [0.3, 0.4) is 0 Å². The molecule has 0 radical (unpaired) electrons. The minimum absolute atomic E-state index is 0.0139. The van der Waals surface area contributed by atoms with E-state index in [2.05, 4.69) is 15.6 Å². The van der Waals surface area contributed by atoms with Crippen LogP contribution in [0.5, 0.6) is 0 Å². The van der Waals surface area contributed by atoms with Gasteiger partial charge in [0.25, 0.3) is 11.8 Å². The van der Waals surface area contributed by atoms with E-state index in [4.69, 9.17) is 4.74 Å². The summed E-state index contributed by atoms with van der Waals surface area (Å²) in [4.78, 5) is 43.5. The molecule has 0 aromatic carbocycles. The molecule has 2 amide bonds. The zero-order chi connectivity index (χ0) is 24.2. The number of carbonyl (C=O) groups is 2. The number of carbonyl (C=O) groups excluding carboxylic acids is 2. The standard InChI is InChI=1S/C26H36N4O4/c1-2-34-16-10-15-28-25(32)22-18-30(17-21-13-8-9-14-27-21)19-23(24(22)31)26(33)29-20-11-6-4-3-5-7-12-20/h8-9,13-14,18-20H,2-7,10-12,15-17H2,1H3,(H,28,32)(H,29,33). The highest BCUT2D eigenvalue weighted by atomic mass is 16.5. The first-order valence-electron chi connectivity index (χ1n) is 12.4. The van der Waals surface area contributed by atoms with E-state index in [9.17, 15) is 14.4 Å². The van der Waals surface area contributed by atoms with Crippen LogP contribution >= 0.6 is 0 Å². The Labute approximate surface area is 201 Å². The first-order valence-corrected chi connectivity index (χ1v) is 12.4. The van der Waals surface area contributed by atoms with Gasteiger partial charge in [-0.15, -0.1) is 0 Å². The van der Waals surface area contributed by atoms with Crippen molar-refractivity contribution >= 4 is 11.8 Å². The summed E-state index contributed by atoms with van der Waals surface area (Å²) in [7, 11) is 0. The summed E-state index contributed by atoms with van der Waals surface area (Å²) in [6.45, 7) is 3.79. The van der Waals surface area contributed by atoms with Crippen LogP contribution in [0.1, 0.15) is 84.7 Å². The van der Waals surface area contributed by atoms with Gasteiger partial charge in [-0.1, -0.05) is 38.2 Å². The third-order valence-corrected chi connectivity index (χ3v) is 6.03. The van der Waals surface area contributed by atoms with Gasteiger partial charge in [-0.3, -0.25) is 19.4 Å². The fraction of sp³-hybridized carbons (Fsp3) is 0.538. The van der Waals surface area contributed by atoms with E-state index in [-0.39, 0.29) is 17.2 Å². The molecule has 3 rings (SSSR count). The van der Waals surface area contributed by atoms with Gasteiger partial charge in [0, 0.05) is 44.4 Å². The van der Waals surface area contributed by atoms with E-state index >= 15 is 0 Å². The number of hydrogen-bond acceptors (Lipinski definition) is 5. The zero-order valence-electron chi connectivity index (χ0n) is 20.1. The first-order chi connectivity index (χ1) is 16.6. The maximum absolute atomic E-state index is 13.2. The lowest BCUT2D eigenvalue weighted by molar-refractivity contribution is 0.0928. The molecular weight excluding hydrogens is 432 g/mol. The van der Waals surface area contributed by atoms with Crippen LogP contribution < -0.4 is 16.1 Å². The molecule has 2 N–H and O–H groups in total. The number of rotatable bonds is 10. The van der Waals surface area contributed by atoms with Crippen molar-refractivity contribution in [1.82, 2.24) is 20.2 Å². The van der Waals surface area contributed by atoms with Gasteiger partial charge in [0.05, 0.1) is 12.2 Å². The third-order valence-electron chi connectivity index (χ3n) is 6.03. The maximum Gasteiger partial charge on any atom is 0.256 e. The fourth-order valence-electron chi connectivity index (χ4n) is 4.20. The summed E-state index contributed by atoms with van der Waals surface area (Å²) in [5.74, 6) is -0.909. The van der Waals surface area contributed by atoms with Crippen molar-refractivity contribution in [3.05, 3.63) is 63.8 Å². The number of nitrogens with one attached hydrogen (secondary N) is 2. The van der Waals surface area contributed by atoms with Crippen LogP contribution in [0, 0.1) is 0 Å². The molecule has 8 nitrogen and oxygen atoms in total. The summed E-state index contributed by atoms with van der Waals surface area (Å²) in [5.41, 5.74) is 0.154. The lowest BCUT2D eigenvalue weighted by atomic mass is 9.96. The Morgan fingerprint density at radius 1 is 1.06 bits per heavy atom. The topological polar surface area (TPSA) is 102 Å². The van der Waals surface area contributed by atoms with Crippen LogP contribution in [-0.2, 0) is 11.3 Å². The molecule has 184 valence electrons. The predicted molar refractivity (Wildman–Crippen MR) is 131 cm³/mol. The zero-order valence-corrected chi connectivity index (χ0v) is 20.1. The van der Waals surface area contributed by atoms with E-state index in [0.29, 0.717) is 32.7 Å². The lowest BCUT2D eigenvalue weighted by Crippen LogP contribution is -2.40. The molecule has 8 heteroatoms. The lowest BCUT2D eigenvalue weighted by Gasteiger charge is -2.21. The number of aromatic nitrogens is 2. The second-order valence-corrected chi connectivity index (χ2v) is 8.73. The number of pyridine rings is 2. The van der Waals surface area contributed by atoms with Gasteiger partial charge in [-0.2, -0.15) is 0 Å². The van der Waals surface area contributed by atoms with E-state index in [1.165, 1.54) is 31.7 Å². The van der Waals surface area contributed by atoms with Crippen molar-refractivity contribution in [2.75, 3.05) is 19.8 Å². The summed E-state index contributed by atoms with van der Waals surface area (Å²) in [6.07, 6.45) is 12.9. The number of hydrogen-bond donors (Lipinski definition) is 2. The SMILES string of the molecule is CCOCCCNC(=O)c1cn(Cc2ccccn2)cc(C(=O)NC2CCCCCCC2)c1=O. The van der Waals surface area contributed by atoms with Crippen LogP contribution in [-0.4, -0.2) is 47.2 Å². The van der Waals surface area contributed by atoms with Gasteiger partial charge in [-0.25, -0.2) is 0 Å². The molecule has 1 aliphatic carbocycles. The third kappa shape index (κ3) is 7.80. The Hall–Kier alpha value is -3.00. The molecule has 34 heavy (non-hydrogen) atoms. The number of amides is 2. The highest BCUT2D eigenvalue weighted by Crippen LogP contribution is 2.17. The molecule has 0 spiro atoms. The molecular formula is C26H36N4O4. The average Bonchev–Trinajstić information content (AvgIpc) is 2.82. The maximum atomic E-state index is 13.2. The summed E-state index contributed by atoms with van der Waals surface area (Å²) >= 11 is 0. The van der Waals surface area contributed by atoms with E-state index in [1.54, 1.807) is 10.8 Å². The van der Waals surface area contributed by atoms with Crippen molar-refractivity contribution in [1.29, 1.82) is 0 Å². The number of nitrogens with zero attached hydrogens (tertiary/aromatic N) is 2. The highest BCUT2D eigenvalue weighted by molar-refractivity contribution is 5.99. The van der Waals surface area contributed by atoms with Crippen LogP contribution in [0.25, 0.3) is 0 Å². The molecule has 1 saturated carbocycles. The van der Waals surface area contributed by atoms with Crippen molar-refractivity contribution in [2.24, 2.45) is 0 Å². The van der Waals surface area contributed by atoms with Gasteiger partial charge >= 0.3 is 0 Å². The van der Waals surface area contributed by atoms with Crippen LogP contribution in [0.15, 0.2) is 41.6 Å². The predicted octanol–water partition coefficient (Wildman–Crippen LogP) is 3.29. The summed E-state index contributed by atoms with van der Waals surface area (Å²) in [6, 6.07) is 5.61. The van der Waals surface area contributed by atoms with Gasteiger partial charge < -0.3 is 19.9 Å². The monoisotopic (exact) mass is 468 g/mol. The van der Waals surface area contributed by atoms with Gasteiger partial charge in [0.1, 0.15) is 11.1 Å². The molecule has 0 bridgehead atoms. The molecule has 0 aliphatic heterocycles. The number of ether oxygens (including phenoxy) is 1. The van der Waals surface area contributed by atoms with Crippen molar-refractivity contribution in [2.45, 2.75) is 70.9 Å². The van der Waals surface area contributed by atoms with Crippen molar-refractivity contribution in [3.8, 4) is 0 Å². The molecule has 0 saturated heterocycles. The average molecular weight is 469 g/mol. The van der Waals surface area contributed by atoms with Gasteiger partial charge in [-0.05, 0) is 38.3 Å². The Morgan fingerprint density at radius 2 is 1.76 bits per heavy atom. The normalized spacial score (nSPS) is 14.7. The highest BCUT2D eigenvalue weighted by Gasteiger charge is 2.22. The Balaban J connectivity index is 1.81.